The Kier molecular flexibility index (Phi) is 50.4. The van der Waals surface area contributed by atoms with E-state index in [4.69, 9.17) is 14.2 Å². The maximum absolute atomic E-state index is 12.8. The van der Waals surface area contributed by atoms with Crippen molar-refractivity contribution in [3.8, 4) is 0 Å². The minimum absolute atomic E-state index is 0.101. The van der Waals surface area contributed by atoms with Gasteiger partial charge in [0.25, 0.3) is 0 Å². The zero-order valence-corrected chi connectivity index (χ0v) is 42.5. The molecule has 0 aliphatic heterocycles. The van der Waals surface area contributed by atoms with Gasteiger partial charge in [0.15, 0.2) is 6.10 Å². The number of esters is 3. The van der Waals surface area contributed by atoms with Crippen molar-refractivity contribution < 1.29 is 28.6 Å². The quantitative estimate of drug-likeness (QED) is 0.0262. The highest BCUT2D eigenvalue weighted by Gasteiger charge is 2.19. The number of carbonyl (C=O) groups is 3. The van der Waals surface area contributed by atoms with Crippen molar-refractivity contribution in [3.05, 3.63) is 85.1 Å². The van der Waals surface area contributed by atoms with Gasteiger partial charge in [0.2, 0.25) is 0 Å². The summed E-state index contributed by atoms with van der Waals surface area (Å²) >= 11 is 0. The summed E-state index contributed by atoms with van der Waals surface area (Å²) in [6.07, 6.45) is 68.5. The van der Waals surface area contributed by atoms with E-state index in [1.54, 1.807) is 0 Å². The van der Waals surface area contributed by atoms with E-state index >= 15 is 0 Å². The first-order chi connectivity index (χ1) is 32.0. The summed E-state index contributed by atoms with van der Waals surface area (Å²) in [5, 5.41) is 0. The summed E-state index contributed by atoms with van der Waals surface area (Å²) < 4.78 is 16.8. The van der Waals surface area contributed by atoms with Crippen LogP contribution in [0, 0.1) is 0 Å². The third-order valence-electron chi connectivity index (χ3n) is 11.4. The van der Waals surface area contributed by atoms with E-state index in [1.165, 1.54) is 116 Å². The van der Waals surface area contributed by atoms with Crippen LogP contribution in [0.25, 0.3) is 0 Å². The van der Waals surface area contributed by atoms with Gasteiger partial charge >= 0.3 is 17.9 Å². The fourth-order valence-electron chi connectivity index (χ4n) is 7.25. The lowest BCUT2D eigenvalue weighted by Gasteiger charge is -2.18. The highest BCUT2D eigenvalue weighted by Crippen LogP contribution is 2.14. The fourth-order valence-corrected chi connectivity index (χ4v) is 7.25. The SMILES string of the molecule is CCCCC/C=C\C/C=C\C/C=C\C/C=C\CCCCCC(=O)OC[C@@H](COC(=O)CCCCCCCCCCCCCCC)OC(=O)CCCC/C=C\C/C=C\C/C=C\CCCCC. The van der Waals surface area contributed by atoms with E-state index in [1.807, 2.05) is 0 Å². The Hall–Kier alpha value is -3.41. The predicted octanol–water partition coefficient (Wildman–Crippen LogP) is 18.0. The molecule has 0 aromatic rings. The molecule has 6 nitrogen and oxygen atoms in total. The lowest BCUT2D eigenvalue weighted by atomic mass is 10.0. The Bertz CT molecular complexity index is 1270. The van der Waals surface area contributed by atoms with Crippen LogP contribution in [0.4, 0.5) is 0 Å². The highest BCUT2D eigenvalue weighted by atomic mass is 16.6. The molecule has 1 atom stereocenters. The number of unbranched alkanes of at least 4 members (excludes halogenated alkanes) is 23. The van der Waals surface area contributed by atoms with E-state index in [0.29, 0.717) is 19.3 Å². The first kappa shape index (κ1) is 61.6. The van der Waals surface area contributed by atoms with Gasteiger partial charge in [-0.1, -0.05) is 215 Å². The number of ether oxygens (including phenoxy) is 3. The molecule has 0 N–H and O–H groups in total. The summed E-state index contributed by atoms with van der Waals surface area (Å²) in [4.78, 5) is 38.0. The zero-order chi connectivity index (χ0) is 47.2. The molecule has 0 heterocycles. The van der Waals surface area contributed by atoms with Crippen LogP contribution in [-0.2, 0) is 28.6 Å². The minimum atomic E-state index is -0.808. The normalized spacial score (nSPS) is 12.7. The lowest BCUT2D eigenvalue weighted by Crippen LogP contribution is -2.30. The Morgan fingerprint density at radius 1 is 0.308 bits per heavy atom. The molecule has 0 rings (SSSR count). The van der Waals surface area contributed by atoms with Crippen molar-refractivity contribution in [1.82, 2.24) is 0 Å². The average Bonchev–Trinajstić information content (AvgIpc) is 3.30. The molecule has 65 heavy (non-hydrogen) atoms. The van der Waals surface area contributed by atoms with Crippen molar-refractivity contribution in [2.75, 3.05) is 13.2 Å². The van der Waals surface area contributed by atoms with Crippen LogP contribution in [-0.4, -0.2) is 37.2 Å². The van der Waals surface area contributed by atoms with Crippen LogP contribution in [0.3, 0.4) is 0 Å². The Morgan fingerprint density at radius 3 is 0.923 bits per heavy atom. The van der Waals surface area contributed by atoms with Crippen molar-refractivity contribution in [3.63, 3.8) is 0 Å². The molecule has 0 spiro atoms. The predicted molar refractivity (Wildman–Crippen MR) is 279 cm³/mol. The molecular formula is C59H100O6. The molecule has 0 fully saturated rings. The molecule has 0 aromatic heterocycles. The molecule has 0 bridgehead atoms. The fraction of sp³-hybridized carbons (Fsp3) is 0.712. The van der Waals surface area contributed by atoms with Crippen LogP contribution in [0.2, 0.25) is 0 Å². The minimum Gasteiger partial charge on any atom is -0.462 e. The Balaban J connectivity index is 4.49. The zero-order valence-electron chi connectivity index (χ0n) is 42.5. The van der Waals surface area contributed by atoms with E-state index in [-0.39, 0.29) is 37.5 Å². The van der Waals surface area contributed by atoms with Crippen molar-refractivity contribution in [2.45, 2.75) is 258 Å². The van der Waals surface area contributed by atoms with Crippen LogP contribution in [0.5, 0.6) is 0 Å². The molecule has 0 radical (unpaired) electrons. The summed E-state index contributed by atoms with van der Waals surface area (Å²) in [6, 6.07) is 0. The van der Waals surface area contributed by atoms with Gasteiger partial charge in [-0.05, 0) is 103 Å². The molecule has 372 valence electrons. The van der Waals surface area contributed by atoms with Gasteiger partial charge in [-0.15, -0.1) is 0 Å². The van der Waals surface area contributed by atoms with E-state index in [9.17, 15) is 14.4 Å². The van der Waals surface area contributed by atoms with E-state index < -0.39 is 6.10 Å². The van der Waals surface area contributed by atoms with Gasteiger partial charge in [0.1, 0.15) is 13.2 Å². The molecule has 0 saturated carbocycles. The molecule has 0 saturated heterocycles. The molecule has 0 amide bonds. The Labute approximate surface area is 401 Å². The second kappa shape index (κ2) is 53.2. The van der Waals surface area contributed by atoms with E-state index in [0.717, 1.165) is 89.9 Å². The Morgan fingerprint density at radius 2 is 0.554 bits per heavy atom. The van der Waals surface area contributed by atoms with Gasteiger partial charge in [0, 0.05) is 19.3 Å². The first-order valence-electron chi connectivity index (χ1n) is 27.1. The number of hydrogen-bond donors (Lipinski definition) is 0. The number of allylic oxidation sites excluding steroid dienone is 14. The van der Waals surface area contributed by atoms with Crippen LogP contribution >= 0.6 is 0 Å². The van der Waals surface area contributed by atoms with E-state index in [2.05, 4.69) is 106 Å². The molecule has 6 heteroatoms. The average molecular weight is 905 g/mol. The second-order valence-electron chi connectivity index (χ2n) is 17.8. The maximum atomic E-state index is 12.8. The smallest absolute Gasteiger partial charge is 0.306 e. The molecular weight excluding hydrogens is 805 g/mol. The molecule has 0 aliphatic rings. The van der Waals surface area contributed by atoms with Gasteiger partial charge in [0.05, 0.1) is 0 Å². The lowest BCUT2D eigenvalue weighted by molar-refractivity contribution is -0.167. The third kappa shape index (κ3) is 51.4. The van der Waals surface area contributed by atoms with Gasteiger partial charge in [-0.2, -0.15) is 0 Å². The summed E-state index contributed by atoms with van der Waals surface area (Å²) in [5.41, 5.74) is 0. The monoisotopic (exact) mass is 905 g/mol. The largest absolute Gasteiger partial charge is 0.462 e. The molecule has 0 unspecified atom stereocenters. The number of carbonyl (C=O) groups excluding carboxylic acids is 3. The summed E-state index contributed by atoms with van der Waals surface area (Å²) in [6.45, 7) is 6.52. The van der Waals surface area contributed by atoms with Crippen molar-refractivity contribution >= 4 is 17.9 Å². The summed E-state index contributed by atoms with van der Waals surface area (Å²) in [5.74, 6) is -0.970. The first-order valence-corrected chi connectivity index (χ1v) is 27.1. The van der Waals surface area contributed by atoms with Gasteiger partial charge < -0.3 is 14.2 Å². The number of rotatable bonds is 48. The maximum Gasteiger partial charge on any atom is 0.306 e. The van der Waals surface area contributed by atoms with Gasteiger partial charge in [-0.3, -0.25) is 14.4 Å². The van der Waals surface area contributed by atoms with Crippen LogP contribution in [0.1, 0.15) is 252 Å². The van der Waals surface area contributed by atoms with Crippen molar-refractivity contribution in [1.29, 1.82) is 0 Å². The highest BCUT2D eigenvalue weighted by molar-refractivity contribution is 5.71. The van der Waals surface area contributed by atoms with Crippen LogP contribution in [0.15, 0.2) is 85.1 Å². The summed E-state index contributed by atoms with van der Waals surface area (Å²) in [7, 11) is 0. The second-order valence-corrected chi connectivity index (χ2v) is 17.8. The van der Waals surface area contributed by atoms with Crippen molar-refractivity contribution in [2.24, 2.45) is 0 Å². The van der Waals surface area contributed by atoms with Crippen LogP contribution < -0.4 is 0 Å². The molecule has 0 aromatic carbocycles. The topological polar surface area (TPSA) is 78.9 Å². The number of hydrogen-bond acceptors (Lipinski definition) is 6. The van der Waals surface area contributed by atoms with Gasteiger partial charge in [-0.25, -0.2) is 0 Å². The molecule has 0 aliphatic carbocycles. The standard InChI is InChI=1S/C59H100O6/c1-4-7-10-13-16-19-22-25-27-28-29-30-32-34-37-40-43-46-49-52-58(61)64-55-56(54-63-57(60)51-48-45-42-39-36-33-24-21-18-15-12-9-6-3)65-59(62)53-50-47-44-41-38-35-31-26-23-20-17-14-11-8-5-2/h16-17,19-20,25-27,29-31,34,37-38,41,56H,4-15,18,21-24,28,32-33,35-36,39-40,42-55H2,1-3H3/b19-16-,20-17-,27-25-,30-29-,31-26-,37-34-,41-38-/t56-/m1/s1. The third-order valence-corrected chi connectivity index (χ3v) is 11.4.